The second-order valence-electron chi connectivity index (χ2n) is 2.95. The number of nitrogens with one attached hydrogen (secondary N) is 3. The third kappa shape index (κ3) is 0.885. The molecule has 0 amide bonds. The zero-order valence-electron chi connectivity index (χ0n) is 6.83. The molecule has 3 heterocycles. The molecule has 4 heteroatoms. The van der Waals surface area contributed by atoms with Crippen molar-refractivity contribution in [2.45, 2.75) is 0 Å². The van der Waals surface area contributed by atoms with Gasteiger partial charge in [-0.05, 0) is 12.1 Å². The fraction of sp³-hybridized carbons (Fsp3) is 0. The van der Waals surface area contributed by atoms with Gasteiger partial charge in [-0.3, -0.25) is 0 Å². The fourth-order valence-corrected chi connectivity index (χ4v) is 1.49. The first-order valence-electron chi connectivity index (χ1n) is 4.08. The Balaban J connectivity index is 2.15. The summed E-state index contributed by atoms with van der Waals surface area (Å²) in [4.78, 5) is 7.15. The Labute approximate surface area is 75.1 Å². The second-order valence-corrected chi connectivity index (χ2v) is 2.95. The molecule has 0 saturated heterocycles. The van der Waals surface area contributed by atoms with Crippen LogP contribution < -0.4 is 10.6 Å². The first-order valence-corrected chi connectivity index (χ1v) is 4.08. The summed E-state index contributed by atoms with van der Waals surface area (Å²) < 4.78 is 0. The number of aliphatic imine (C=N–C) groups is 1. The van der Waals surface area contributed by atoms with Crippen molar-refractivity contribution in [3.63, 3.8) is 0 Å². The molecular weight excluding hydrogens is 164 g/mol. The SMILES string of the molecule is C1=NC=C2Nc3cc[nH]c3C=C2N1. The van der Waals surface area contributed by atoms with E-state index in [-0.39, 0.29) is 0 Å². The van der Waals surface area contributed by atoms with E-state index in [1.54, 1.807) is 12.5 Å². The van der Waals surface area contributed by atoms with Gasteiger partial charge in [-0.25, -0.2) is 4.99 Å². The maximum Gasteiger partial charge on any atom is 0.0924 e. The van der Waals surface area contributed by atoms with E-state index in [4.69, 9.17) is 0 Å². The number of hydrogen-bond acceptors (Lipinski definition) is 3. The zero-order valence-corrected chi connectivity index (χ0v) is 6.83. The van der Waals surface area contributed by atoms with E-state index in [9.17, 15) is 0 Å². The van der Waals surface area contributed by atoms with Gasteiger partial charge in [-0.1, -0.05) is 0 Å². The second kappa shape index (κ2) is 2.26. The van der Waals surface area contributed by atoms with E-state index in [1.165, 1.54) is 0 Å². The molecule has 13 heavy (non-hydrogen) atoms. The third-order valence-corrected chi connectivity index (χ3v) is 2.13. The molecule has 0 aromatic carbocycles. The van der Waals surface area contributed by atoms with Crippen LogP contribution in [0.1, 0.15) is 5.69 Å². The molecular formula is C9H8N4. The van der Waals surface area contributed by atoms with Crippen LogP contribution in [0.2, 0.25) is 0 Å². The third-order valence-electron chi connectivity index (χ3n) is 2.13. The van der Waals surface area contributed by atoms with Crippen LogP contribution in [-0.2, 0) is 0 Å². The summed E-state index contributed by atoms with van der Waals surface area (Å²) in [5, 5.41) is 6.33. The maximum absolute atomic E-state index is 4.01. The normalized spacial score (nSPS) is 17.5. The molecule has 0 unspecified atom stereocenters. The van der Waals surface area contributed by atoms with E-state index in [0.717, 1.165) is 22.8 Å². The van der Waals surface area contributed by atoms with Crippen molar-refractivity contribution < 1.29 is 0 Å². The van der Waals surface area contributed by atoms with Gasteiger partial charge in [0.15, 0.2) is 0 Å². The number of fused-ring (bicyclic) bond motifs is 2. The number of aromatic amines is 1. The standard InChI is InChI=1S/C9H8N4/c1-2-11-7-3-8-9(13-6(1)7)4-10-5-12-8/h1-5,11,13H,(H,10,12). The van der Waals surface area contributed by atoms with Crippen molar-refractivity contribution >= 4 is 18.1 Å². The highest BCUT2D eigenvalue weighted by atomic mass is 15.1. The van der Waals surface area contributed by atoms with Crippen LogP contribution in [0.3, 0.4) is 0 Å². The van der Waals surface area contributed by atoms with E-state index in [2.05, 4.69) is 26.7 Å². The predicted octanol–water partition coefficient (Wildman–Crippen LogP) is 1.25. The molecule has 2 aliphatic rings. The first-order chi connectivity index (χ1) is 6.43. The van der Waals surface area contributed by atoms with Crippen LogP contribution in [0.25, 0.3) is 6.08 Å². The summed E-state index contributed by atoms with van der Waals surface area (Å²) in [5.74, 6) is 0. The number of rotatable bonds is 0. The van der Waals surface area contributed by atoms with E-state index in [0.29, 0.717) is 0 Å². The van der Waals surface area contributed by atoms with E-state index >= 15 is 0 Å². The van der Waals surface area contributed by atoms with Gasteiger partial charge in [0.25, 0.3) is 0 Å². The molecule has 4 nitrogen and oxygen atoms in total. The molecule has 0 spiro atoms. The van der Waals surface area contributed by atoms with Crippen LogP contribution in [0.15, 0.2) is 34.8 Å². The number of nitrogens with zero attached hydrogens (tertiary/aromatic N) is 1. The van der Waals surface area contributed by atoms with Gasteiger partial charge in [0.2, 0.25) is 0 Å². The van der Waals surface area contributed by atoms with Gasteiger partial charge >= 0.3 is 0 Å². The number of anilines is 1. The lowest BCUT2D eigenvalue weighted by molar-refractivity contribution is 1.10. The van der Waals surface area contributed by atoms with Crippen LogP contribution >= 0.6 is 0 Å². The van der Waals surface area contributed by atoms with Crippen LogP contribution in [0.4, 0.5) is 5.69 Å². The Bertz CT molecular complexity index is 436. The Hall–Kier alpha value is -1.97. The lowest BCUT2D eigenvalue weighted by Crippen LogP contribution is -2.22. The van der Waals surface area contributed by atoms with E-state index in [1.807, 2.05) is 12.3 Å². The molecule has 64 valence electrons. The summed E-state index contributed by atoms with van der Waals surface area (Å²) in [6, 6.07) is 2.00. The van der Waals surface area contributed by atoms with Crippen molar-refractivity contribution in [3.05, 3.63) is 35.6 Å². The van der Waals surface area contributed by atoms with Gasteiger partial charge in [0.05, 0.1) is 35.3 Å². The lowest BCUT2D eigenvalue weighted by Gasteiger charge is -2.20. The lowest BCUT2D eigenvalue weighted by atomic mass is 10.1. The summed E-state index contributed by atoms with van der Waals surface area (Å²) >= 11 is 0. The smallest absolute Gasteiger partial charge is 0.0924 e. The zero-order chi connectivity index (χ0) is 8.67. The van der Waals surface area contributed by atoms with Gasteiger partial charge in [-0.15, -0.1) is 0 Å². The Morgan fingerprint density at radius 2 is 2.23 bits per heavy atom. The molecule has 0 fully saturated rings. The summed E-state index contributed by atoms with van der Waals surface area (Å²) in [6.07, 6.45) is 7.44. The fourth-order valence-electron chi connectivity index (χ4n) is 1.49. The van der Waals surface area contributed by atoms with Crippen LogP contribution in [0.5, 0.6) is 0 Å². The maximum atomic E-state index is 4.01. The highest BCUT2D eigenvalue weighted by Gasteiger charge is 2.15. The molecule has 1 aromatic rings. The number of H-pyrrole nitrogens is 1. The highest BCUT2D eigenvalue weighted by Crippen LogP contribution is 2.27. The molecule has 0 saturated carbocycles. The minimum Gasteiger partial charge on any atom is -0.360 e. The predicted molar refractivity (Wildman–Crippen MR) is 52.1 cm³/mol. The molecule has 2 aliphatic heterocycles. The molecule has 3 N–H and O–H groups in total. The topological polar surface area (TPSA) is 52.2 Å². The summed E-state index contributed by atoms with van der Waals surface area (Å²) in [7, 11) is 0. The average Bonchev–Trinajstić information content (AvgIpc) is 2.61. The largest absolute Gasteiger partial charge is 0.360 e. The quantitative estimate of drug-likeness (QED) is 0.551. The van der Waals surface area contributed by atoms with Gasteiger partial charge < -0.3 is 15.6 Å². The Morgan fingerprint density at radius 3 is 3.23 bits per heavy atom. The minimum absolute atomic E-state index is 1.01. The monoisotopic (exact) mass is 172 g/mol. The van der Waals surface area contributed by atoms with Crippen molar-refractivity contribution in [3.8, 4) is 0 Å². The van der Waals surface area contributed by atoms with E-state index < -0.39 is 0 Å². The van der Waals surface area contributed by atoms with Crippen molar-refractivity contribution in [2.24, 2.45) is 4.99 Å². The molecule has 1 aromatic heterocycles. The van der Waals surface area contributed by atoms with Gasteiger partial charge in [0.1, 0.15) is 0 Å². The molecule has 0 bridgehead atoms. The van der Waals surface area contributed by atoms with Crippen LogP contribution in [0, 0.1) is 0 Å². The summed E-state index contributed by atoms with van der Waals surface area (Å²) in [5.41, 5.74) is 4.24. The Kier molecular flexibility index (Phi) is 1.14. The van der Waals surface area contributed by atoms with Crippen molar-refractivity contribution in [2.75, 3.05) is 5.32 Å². The molecule has 0 aliphatic carbocycles. The average molecular weight is 172 g/mol. The Morgan fingerprint density at radius 1 is 1.23 bits per heavy atom. The van der Waals surface area contributed by atoms with Crippen molar-refractivity contribution in [1.29, 1.82) is 0 Å². The number of aromatic nitrogens is 1. The summed E-state index contributed by atoms with van der Waals surface area (Å²) in [6.45, 7) is 0. The van der Waals surface area contributed by atoms with Gasteiger partial charge in [0, 0.05) is 6.20 Å². The molecule has 0 radical (unpaired) electrons. The molecule has 0 atom stereocenters. The molecule has 3 rings (SSSR count). The number of hydrogen-bond donors (Lipinski definition) is 3. The van der Waals surface area contributed by atoms with Crippen molar-refractivity contribution in [1.82, 2.24) is 10.3 Å². The highest BCUT2D eigenvalue weighted by molar-refractivity contribution is 5.79. The van der Waals surface area contributed by atoms with Gasteiger partial charge in [-0.2, -0.15) is 0 Å². The minimum atomic E-state index is 1.01. The van der Waals surface area contributed by atoms with Crippen LogP contribution in [-0.4, -0.2) is 11.3 Å². The first kappa shape index (κ1) is 6.54.